The van der Waals surface area contributed by atoms with Gasteiger partial charge in [-0.3, -0.25) is 9.59 Å². The summed E-state index contributed by atoms with van der Waals surface area (Å²) < 4.78 is 7.39. The summed E-state index contributed by atoms with van der Waals surface area (Å²) in [7, 11) is 1.60. The summed E-state index contributed by atoms with van der Waals surface area (Å²) in [5, 5.41) is 0.733. The third-order valence-corrected chi connectivity index (χ3v) is 7.79. The summed E-state index contributed by atoms with van der Waals surface area (Å²) in [6, 6.07) is 19.0. The molecule has 4 rings (SSSR count). The quantitative estimate of drug-likeness (QED) is 0.301. The van der Waals surface area contributed by atoms with Crippen molar-refractivity contribution < 1.29 is 14.3 Å². The fourth-order valence-corrected chi connectivity index (χ4v) is 5.37. The lowest BCUT2D eigenvalue weighted by Gasteiger charge is -2.37. The van der Waals surface area contributed by atoms with Gasteiger partial charge in [-0.25, -0.2) is 0 Å². The molecule has 3 aromatic rings. The molecule has 7 heteroatoms. The topological polar surface area (TPSA) is 54.8 Å². The number of hydrogen-bond acceptors (Lipinski definition) is 3. The maximum Gasteiger partial charge on any atom is 0.254 e. The van der Waals surface area contributed by atoms with Gasteiger partial charge in [-0.05, 0) is 74.7 Å². The molecule has 202 valence electrons. The van der Waals surface area contributed by atoms with Gasteiger partial charge in [0.05, 0.1) is 13.7 Å². The molecule has 1 aliphatic carbocycles. The number of halogens is 1. The Morgan fingerprint density at radius 3 is 2.37 bits per heavy atom. The van der Waals surface area contributed by atoms with E-state index in [9.17, 15) is 9.59 Å². The van der Waals surface area contributed by atoms with Crippen molar-refractivity contribution in [3.63, 3.8) is 0 Å². The van der Waals surface area contributed by atoms with Crippen molar-refractivity contribution in [1.82, 2.24) is 14.4 Å². The maximum atomic E-state index is 13.9. The second-order valence-corrected chi connectivity index (χ2v) is 10.7. The van der Waals surface area contributed by atoms with Crippen LogP contribution in [-0.2, 0) is 17.9 Å². The second-order valence-electron chi connectivity index (χ2n) is 10.3. The van der Waals surface area contributed by atoms with Crippen LogP contribution < -0.4 is 4.74 Å². The lowest BCUT2D eigenvalue weighted by atomic mass is 9.94. The number of nitrogens with zero attached hydrogens (tertiary/aromatic N) is 3. The minimum atomic E-state index is -0.151. The van der Waals surface area contributed by atoms with Crippen molar-refractivity contribution in [2.45, 2.75) is 71.1 Å². The number of rotatable bonds is 10. The predicted molar refractivity (Wildman–Crippen MR) is 152 cm³/mol. The molecule has 6 nitrogen and oxygen atoms in total. The third kappa shape index (κ3) is 6.79. The van der Waals surface area contributed by atoms with E-state index in [1.165, 1.54) is 6.42 Å². The van der Waals surface area contributed by atoms with E-state index in [0.717, 1.165) is 42.0 Å². The number of carbonyl (C=O) groups excluding carboxylic acids is 2. The summed E-state index contributed by atoms with van der Waals surface area (Å²) >= 11 is 6.43. The molecule has 1 fully saturated rings. The first kappa shape index (κ1) is 27.8. The van der Waals surface area contributed by atoms with Crippen LogP contribution in [0.3, 0.4) is 0 Å². The van der Waals surface area contributed by atoms with E-state index in [4.69, 9.17) is 16.3 Å². The first-order valence-corrected chi connectivity index (χ1v) is 13.9. The van der Waals surface area contributed by atoms with Crippen molar-refractivity contribution in [1.29, 1.82) is 0 Å². The van der Waals surface area contributed by atoms with Gasteiger partial charge in [0.15, 0.2) is 0 Å². The largest absolute Gasteiger partial charge is 0.497 e. The van der Waals surface area contributed by atoms with Crippen molar-refractivity contribution in [3.8, 4) is 5.75 Å². The summed E-state index contributed by atoms with van der Waals surface area (Å²) in [4.78, 5) is 31.0. The van der Waals surface area contributed by atoms with E-state index < -0.39 is 0 Å². The second kappa shape index (κ2) is 13.0. The molecular formula is C31H38ClN3O3. The Kier molecular flexibility index (Phi) is 9.51. The van der Waals surface area contributed by atoms with Crippen molar-refractivity contribution in [3.05, 3.63) is 88.7 Å². The van der Waals surface area contributed by atoms with Crippen LogP contribution in [0.25, 0.3) is 0 Å². The van der Waals surface area contributed by atoms with Gasteiger partial charge >= 0.3 is 0 Å². The molecule has 0 N–H and O–H groups in total. The predicted octanol–water partition coefficient (Wildman–Crippen LogP) is 6.41. The average Bonchev–Trinajstić information content (AvgIpc) is 3.38. The zero-order valence-corrected chi connectivity index (χ0v) is 23.4. The highest BCUT2D eigenvalue weighted by Gasteiger charge is 2.30. The van der Waals surface area contributed by atoms with E-state index in [-0.39, 0.29) is 30.4 Å². The number of carbonyl (C=O) groups is 2. The standard InChI is InChI=1S/C31H38ClN3O3/c1-23(2)34(31(37)24-15-17-28(38-3)18-16-24)22-30(36)35(26-11-5-4-6-12-26)21-27-13-9-19-33(27)20-25-10-7-8-14-29(25)32/h7-10,13-19,23,26H,4-6,11-12,20-22H2,1-3H3. The molecule has 0 radical (unpaired) electrons. The Hall–Kier alpha value is -3.25. The lowest BCUT2D eigenvalue weighted by molar-refractivity contribution is -0.136. The van der Waals surface area contributed by atoms with Crippen LogP contribution in [0, 0.1) is 0 Å². The zero-order valence-electron chi connectivity index (χ0n) is 22.6. The highest BCUT2D eigenvalue weighted by Crippen LogP contribution is 2.26. The molecule has 2 amide bonds. The molecule has 1 saturated carbocycles. The summed E-state index contributed by atoms with van der Waals surface area (Å²) in [5.74, 6) is 0.525. The van der Waals surface area contributed by atoms with Crippen LogP contribution in [0.4, 0.5) is 0 Å². The first-order chi connectivity index (χ1) is 18.4. The molecule has 2 aromatic carbocycles. The molecule has 0 bridgehead atoms. The number of amides is 2. The van der Waals surface area contributed by atoms with Gasteiger partial charge in [0.25, 0.3) is 5.91 Å². The van der Waals surface area contributed by atoms with Crippen LogP contribution in [0.15, 0.2) is 66.9 Å². The molecule has 0 aliphatic heterocycles. The number of ether oxygens (including phenoxy) is 1. The Labute approximate surface area is 231 Å². The average molecular weight is 536 g/mol. The van der Waals surface area contributed by atoms with Crippen molar-refractivity contribution in [2.24, 2.45) is 0 Å². The monoisotopic (exact) mass is 535 g/mol. The first-order valence-electron chi connectivity index (χ1n) is 13.5. The van der Waals surface area contributed by atoms with Crippen LogP contribution in [0.5, 0.6) is 5.75 Å². The number of aromatic nitrogens is 1. The maximum absolute atomic E-state index is 13.9. The Balaban J connectivity index is 1.55. The van der Waals surface area contributed by atoms with Gasteiger partial charge in [-0.15, -0.1) is 0 Å². The molecule has 0 saturated heterocycles. The molecule has 1 heterocycles. The fourth-order valence-electron chi connectivity index (χ4n) is 5.17. The summed E-state index contributed by atoms with van der Waals surface area (Å²) in [6.45, 7) is 5.10. The Morgan fingerprint density at radius 1 is 1.00 bits per heavy atom. The van der Waals surface area contributed by atoms with Gasteiger partial charge in [0.1, 0.15) is 12.3 Å². The summed E-state index contributed by atoms with van der Waals surface area (Å²) in [5.41, 5.74) is 2.64. The van der Waals surface area contributed by atoms with Crippen LogP contribution in [0.1, 0.15) is 67.6 Å². The zero-order chi connectivity index (χ0) is 27.1. The Morgan fingerprint density at radius 2 is 1.71 bits per heavy atom. The lowest BCUT2D eigenvalue weighted by Crippen LogP contribution is -2.49. The van der Waals surface area contributed by atoms with Gasteiger partial charge < -0.3 is 19.1 Å². The van der Waals surface area contributed by atoms with Crippen molar-refractivity contribution in [2.75, 3.05) is 13.7 Å². The molecule has 0 unspecified atom stereocenters. The molecule has 0 atom stereocenters. The highest BCUT2D eigenvalue weighted by molar-refractivity contribution is 6.31. The van der Waals surface area contributed by atoms with Gasteiger partial charge in [0.2, 0.25) is 5.91 Å². The van der Waals surface area contributed by atoms with Crippen LogP contribution >= 0.6 is 11.6 Å². The molecule has 38 heavy (non-hydrogen) atoms. The van der Waals surface area contributed by atoms with Crippen LogP contribution in [0.2, 0.25) is 5.02 Å². The Bertz CT molecular complexity index is 1220. The molecular weight excluding hydrogens is 498 g/mol. The normalized spacial score (nSPS) is 13.9. The van der Waals surface area contributed by atoms with E-state index in [2.05, 4.69) is 10.6 Å². The minimum absolute atomic E-state index is 0.0158. The minimum Gasteiger partial charge on any atom is -0.497 e. The smallest absolute Gasteiger partial charge is 0.254 e. The molecule has 1 aliphatic rings. The highest BCUT2D eigenvalue weighted by atomic mass is 35.5. The van der Waals surface area contributed by atoms with Crippen molar-refractivity contribution >= 4 is 23.4 Å². The molecule has 1 aromatic heterocycles. The fraction of sp³-hybridized carbons (Fsp3) is 0.419. The van der Waals surface area contributed by atoms with E-state index in [1.807, 2.05) is 55.3 Å². The molecule has 0 spiro atoms. The number of methoxy groups -OCH3 is 1. The van der Waals surface area contributed by atoms with Crippen LogP contribution in [-0.4, -0.2) is 51.9 Å². The SMILES string of the molecule is COc1ccc(C(=O)N(CC(=O)N(Cc2cccn2Cc2ccccc2Cl)C2CCCCC2)C(C)C)cc1. The van der Waals surface area contributed by atoms with Gasteiger partial charge in [0, 0.05) is 41.1 Å². The van der Waals surface area contributed by atoms with E-state index in [1.54, 1.807) is 36.3 Å². The van der Waals surface area contributed by atoms with Gasteiger partial charge in [-0.2, -0.15) is 0 Å². The third-order valence-electron chi connectivity index (χ3n) is 7.42. The van der Waals surface area contributed by atoms with E-state index in [0.29, 0.717) is 24.4 Å². The number of benzene rings is 2. The van der Waals surface area contributed by atoms with E-state index >= 15 is 0 Å². The number of hydrogen-bond donors (Lipinski definition) is 0. The summed E-state index contributed by atoms with van der Waals surface area (Å²) in [6.07, 6.45) is 7.46. The van der Waals surface area contributed by atoms with Gasteiger partial charge in [-0.1, -0.05) is 49.1 Å².